The van der Waals surface area contributed by atoms with Gasteiger partial charge in [0.05, 0.1) is 10.5 Å². The molecular formula is C15H15ClN2O. The van der Waals surface area contributed by atoms with Crippen LogP contribution in [0, 0.1) is 0 Å². The molecule has 1 N–H and O–H groups in total. The lowest BCUT2D eigenvalue weighted by atomic mass is 10.2. The summed E-state index contributed by atoms with van der Waals surface area (Å²) in [6.07, 6.45) is 1.94. The highest BCUT2D eigenvalue weighted by molar-refractivity contribution is 6.35. The van der Waals surface area contributed by atoms with Crippen LogP contribution in [0.5, 0.6) is 0 Å². The molecule has 2 aromatic rings. The van der Waals surface area contributed by atoms with Crippen LogP contribution in [0.15, 0.2) is 42.0 Å². The SMILES string of the molecule is CC(C)=CCNC(=O)c1cc(Cl)c2ccccc2n1. The van der Waals surface area contributed by atoms with E-state index in [0.29, 0.717) is 17.3 Å². The number of para-hydroxylation sites is 1. The van der Waals surface area contributed by atoms with Crippen molar-refractivity contribution in [2.24, 2.45) is 0 Å². The predicted octanol–water partition coefficient (Wildman–Crippen LogP) is 3.58. The van der Waals surface area contributed by atoms with Gasteiger partial charge in [-0.1, -0.05) is 41.4 Å². The number of hydrogen-bond donors (Lipinski definition) is 1. The number of nitrogens with one attached hydrogen (secondary N) is 1. The summed E-state index contributed by atoms with van der Waals surface area (Å²) in [6.45, 7) is 4.46. The Morgan fingerprint density at radius 2 is 2.11 bits per heavy atom. The lowest BCUT2D eigenvalue weighted by Gasteiger charge is -2.05. The third kappa shape index (κ3) is 3.32. The molecule has 2 rings (SSSR count). The van der Waals surface area contributed by atoms with Gasteiger partial charge in [0, 0.05) is 11.9 Å². The lowest BCUT2D eigenvalue weighted by Crippen LogP contribution is -2.24. The Balaban J connectivity index is 2.25. The smallest absolute Gasteiger partial charge is 0.270 e. The minimum Gasteiger partial charge on any atom is -0.347 e. The number of rotatable bonds is 3. The molecule has 0 saturated carbocycles. The molecule has 0 unspecified atom stereocenters. The van der Waals surface area contributed by atoms with Gasteiger partial charge in [-0.3, -0.25) is 4.79 Å². The van der Waals surface area contributed by atoms with Crippen molar-refractivity contribution in [2.75, 3.05) is 6.54 Å². The van der Waals surface area contributed by atoms with Gasteiger partial charge in [-0.25, -0.2) is 4.98 Å². The van der Waals surface area contributed by atoms with Crippen molar-refractivity contribution in [3.8, 4) is 0 Å². The minimum atomic E-state index is -0.217. The Bertz CT molecular complexity index is 646. The average molecular weight is 275 g/mol. The molecule has 4 heteroatoms. The predicted molar refractivity (Wildman–Crippen MR) is 78.5 cm³/mol. The van der Waals surface area contributed by atoms with Crippen molar-refractivity contribution in [1.29, 1.82) is 0 Å². The van der Waals surface area contributed by atoms with E-state index in [4.69, 9.17) is 11.6 Å². The number of benzene rings is 1. The summed E-state index contributed by atoms with van der Waals surface area (Å²) in [7, 11) is 0. The molecule has 0 atom stereocenters. The summed E-state index contributed by atoms with van der Waals surface area (Å²) in [5.74, 6) is -0.217. The summed E-state index contributed by atoms with van der Waals surface area (Å²) in [4.78, 5) is 16.3. The number of aromatic nitrogens is 1. The lowest BCUT2D eigenvalue weighted by molar-refractivity contribution is 0.0953. The van der Waals surface area contributed by atoms with Crippen LogP contribution in [0.25, 0.3) is 10.9 Å². The molecule has 1 aromatic carbocycles. The van der Waals surface area contributed by atoms with E-state index < -0.39 is 0 Å². The second-order valence-electron chi connectivity index (χ2n) is 4.50. The van der Waals surface area contributed by atoms with Gasteiger partial charge in [-0.05, 0) is 26.0 Å². The number of amides is 1. The van der Waals surface area contributed by atoms with Gasteiger partial charge in [-0.15, -0.1) is 0 Å². The Kier molecular flexibility index (Phi) is 4.17. The van der Waals surface area contributed by atoms with Crippen molar-refractivity contribution in [3.63, 3.8) is 0 Å². The van der Waals surface area contributed by atoms with E-state index in [1.807, 2.05) is 44.2 Å². The monoisotopic (exact) mass is 274 g/mol. The number of hydrogen-bond acceptors (Lipinski definition) is 2. The summed E-state index contributed by atoms with van der Waals surface area (Å²) < 4.78 is 0. The van der Waals surface area contributed by atoms with Crippen LogP contribution in [-0.2, 0) is 0 Å². The Labute approximate surface area is 117 Å². The fourth-order valence-electron chi connectivity index (χ4n) is 1.69. The molecular weight excluding hydrogens is 260 g/mol. The van der Waals surface area contributed by atoms with Crippen molar-refractivity contribution in [2.45, 2.75) is 13.8 Å². The molecule has 1 aromatic heterocycles. The largest absolute Gasteiger partial charge is 0.347 e. The van der Waals surface area contributed by atoms with E-state index in [2.05, 4.69) is 10.3 Å². The summed E-state index contributed by atoms with van der Waals surface area (Å²) in [6, 6.07) is 9.09. The minimum absolute atomic E-state index is 0.217. The number of carbonyl (C=O) groups is 1. The summed E-state index contributed by atoms with van der Waals surface area (Å²) >= 11 is 6.16. The summed E-state index contributed by atoms with van der Waals surface area (Å²) in [5.41, 5.74) is 2.22. The third-order valence-corrected chi connectivity index (χ3v) is 2.98. The maximum atomic E-state index is 12.0. The molecule has 0 radical (unpaired) electrons. The number of fused-ring (bicyclic) bond motifs is 1. The molecule has 0 saturated heterocycles. The highest BCUT2D eigenvalue weighted by Crippen LogP contribution is 2.22. The molecule has 0 fully saturated rings. The number of pyridine rings is 1. The van der Waals surface area contributed by atoms with E-state index in [1.165, 1.54) is 0 Å². The first-order chi connectivity index (χ1) is 9.08. The van der Waals surface area contributed by atoms with Crippen LogP contribution >= 0.6 is 11.6 Å². The van der Waals surface area contributed by atoms with Gasteiger partial charge < -0.3 is 5.32 Å². The van der Waals surface area contributed by atoms with E-state index in [0.717, 1.165) is 16.5 Å². The number of carbonyl (C=O) groups excluding carboxylic acids is 1. The molecule has 3 nitrogen and oxygen atoms in total. The van der Waals surface area contributed by atoms with Gasteiger partial charge in [-0.2, -0.15) is 0 Å². The Morgan fingerprint density at radius 3 is 2.84 bits per heavy atom. The van der Waals surface area contributed by atoms with Crippen LogP contribution in [0.3, 0.4) is 0 Å². The second-order valence-corrected chi connectivity index (χ2v) is 4.91. The van der Waals surface area contributed by atoms with Gasteiger partial charge in [0.1, 0.15) is 5.69 Å². The first kappa shape index (κ1) is 13.6. The van der Waals surface area contributed by atoms with Crippen LogP contribution < -0.4 is 5.32 Å². The van der Waals surface area contributed by atoms with Gasteiger partial charge >= 0.3 is 0 Å². The van der Waals surface area contributed by atoms with E-state index >= 15 is 0 Å². The van der Waals surface area contributed by atoms with Crippen molar-refractivity contribution in [1.82, 2.24) is 10.3 Å². The molecule has 98 valence electrons. The maximum absolute atomic E-state index is 12.0. The fraction of sp³-hybridized carbons (Fsp3) is 0.200. The zero-order valence-electron chi connectivity index (χ0n) is 10.9. The Morgan fingerprint density at radius 1 is 1.37 bits per heavy atom. The van der Waals surface area contributed by atoms with Crippen molar-refractivity contribution >= 4 is 28.4 Å². The molecule has 0 aliphatic carbocycles. The standard InChI is InChI=1S/C15H15ClN2O/c1-10(2)7-8-17-15(19)14-9-12(16)11-5-3-4-6-13(11)18-14/h3-7,9H,8H2,1-2H3,(H,17,19). The van der Waals surface area contributed by atoms with Crippen molar-refractivity contribution < 1.29 is 4.79 Å². The molecule has 1 amide bonds. The van der Waals surface area contributed by atoms with Crippen LogP contribution in [-0.4, -0.2) is 17.4 Å². The molecule has 0 spiro atoms. The highest BCUT2D eigenvalue weighted by Gasteiger charge is 2.10. The van der Waals surface area contributed by atoms with E-state index in [9.17, 15) is 4.79 Å². The van der Waals surface area contributed by atoms with Gasteiger partial charge in [0.15, 0.2) is 0 Å². The number of halogens is 1. The fourth-order valence-corrected chi connectivity index (χ4v) is 1.95. The normalized spacial score (nSPS) is 10.3. The zero-order chi connectivity index (χ0) is 13.8. The zero-order valence-corrected chi connectivity index (χ0v) is 11.7. The van der Waals surface area contributed by atoms with Gasteiger partial charge in [0.25, 0.3) is 5.91 Å². The maximum Gasteiger partial charge on any atom is 0.270 e. The van der Waals surface area contributed by atoms with Crippen LogP contribution in [0.2, 0.25) is 5.02 Å². The van der Waals surface area contributed by atoms with E-state index in [1.54, 1.807) is 6.07 Å². The molecule has 1 heterocycles. The molecule has 0 bridgehead atoms. The van der Waals surface area contributed by atoms with Gasteiger partial charge in [0.2, 0.25) is 0 Å². The quantitative estimate of drug-likeness (QED) is 0.869. The first-order valence-corrected chi connectivity index (χ1v) is 6.42. The van der Waals surface area contributed by atoms with E-state index in [-0.39, 0.29) is 5.91 Å². The average Bonchev–Trinajstić information content (AvgIpc) is 2.38. The van der Waals surface area contributed by atoms with Crippen molar-refractivity contribution in [3.05, 3.63) is 52.7 Å². The number of allylic oxidation sites excluding steroid dienone is 1. The van der Waals surface area contributed by atoms with Crippen LogP contribution in [0.1, 0.15) is 24.3 Å². The Hall–Kier alpha value is -1.87. The topological polar surface area (TPSA) is 42.0 Å². The third-order valence-electron chi connectivity index (χ3n) is 2.67. The molecule has 0 aliphatic heterocycles. The van der Waals surface area contributed by atoms with Crippen LogP contribution in [0.4, 0.5) is 0 Å². The highest BCUT2D eigenvalue weighted by atomic mass is 35.5. The molecule has 19 heavy (non-hydrogen) atoms. The first-order valence-electron chi connectivity index (χ1n) is 6.05. The molecule has 0 aliphatic rings. The second kappa shape index (κ2) is 5.85. The number of nitrogens with zero attached hydrogens (tertiary/aromatic N) is 1. The summed E-state index contributed by atoms with van der Waals surface area (Å²) in [5, 5.41) is 4.18.